The first-order chi connectivity index (χ1) is 13.0. The van der Waals surface area contributed by atoms with Crippen LogP contribution in [0.3, 0.4) is 0 Å². The number of rotatable bonds is 5. The van der Waals surface area contributed by atoms with Crippen molar-refractivity contribution in [3.8, 4) is 16.9 Å². The number of nitrogens with one attached hydrogen (secondary N) is 1. The molecule has 0 atom stereocenters. The molecule has 0 saturated carbocycles. The number of methoxy groups -OCH3 is 1. The Morgan fingerprint density at radius 3 is 2.26 bits per heavy atom. The van der Waals surface area contributed by atoms with Crippen LogP contribution in [0.5, 0.6) is 5.75 Å². The Morgan fingerprint density at radius 1 is 0.889 bits per heavy atom. The number of benzene rings is 3. The van der Waals surface area contributed by atoms with Crippen molar-refractivity contribution in [2.75, 3.05) is 12.4 Å². The first-order valence-electron chi connectivity index (χ1n) is 8.37. The van der Waals surface area contributed by atoms with Crippen molar-refractivity contribution < 1.29 is 19.4 Å². The van der Waals surface area contributed by atoms with Gasteiger partial charge in [0.2, 0.25) is 0 Å². The summed E-state index contributed by atoms with van der Waals surface area (Å²) < 4.78 is 5.27. The number of hydrogen-bond acceptors (Lipinski definition) is 3. The number of aromatic carboxylic acids is 1. The van der Waals surface area contributed by atoms with E-state index in [1.807, 2.05) is 31.2 Å². The highest BCUT2D eigenvalue weighted by Gasteiger charge is 2.12. The van der Waals surface area contributed by atoms with E-state index in [9.17, 15) is 14.7 Å². The summed E-state index contributed by atoms with van der Waals surface area (Å²) in [6.07, 6.45) is 0. The van der Waals surface area contributed by atoms with Gasteiger partial charge in [0.1, 0.15) is 5.75 Å². The molecular weight excluding hydrogens is 342 g/mol. The van der Waals surface area contributed by atoms with E-state index < -0.39 is 5.97 Å². The van der Waals surface area contributed by atoms with Crippen LogP contribution in [0.1, 0.15) is 26.3 Å². The highest BCUT2D eigenvalue weighted by molar-refractivity contribution is 6.05. The molecule has 3 aromatic carbocycles. The predicted molar refractivity (Wildman–Crippen MR) is 105 cm³/mol. The van der Waals surface area contributed by atoms with Gasteiger partial charge in [-0.25, -0.2) is 4.79 Å². The van der Waals surface area contributed by atoms with E-state index in [0.29, 0.717) is 16.8 Å². The highest BCUT2D eigenvalue weighted by atomic mass is 16.5. The molecule has 3 rings (SSSR count). The summed E-state index contributed by atoms with van der Waals surface area (Å²) in [5.41, 5.74) is 3.50. The lowest BCUT2D eigenvalue weighted by Crippen LogP contribution is -2.12. The zero-order chi connectivity index (χ0) is 19.4. The molecule has 0 unspecified atom stereocenters. The van der Waals surface area contributed by atoms with Crippen LogP contribution in [-0.4, -0.2) is 24.1 Å². The van der Waals surface area contributed by atoms with Crippen LogP contribution in [0.2, 0.25) is 0 Å². The number of carbonyl (C=O) groups excluding carboxylic acids is 1. The van der Waals surface area contributed by atoms with Crippen molar-refractivity contribution in [3.05, 3.63) is 83.4 Å². The fraction of sp³-hybridized carbons (Fsp3) is 0.0909. The first kappa shape index (κ1) is 18.2. The van der Waals surface area contributed by atoms with Gasteiger partial charge in [0.05, 0.1) is 12.7 Å². The van der Waals surface area contributed by atoms with Gasteiger partial charge in [-0.2, -0.15) is 0 Å². The van der Waals surface area contributed by atoms with E-state index in [2.05, 4.69) is 5.32 Å². The maximum absolute atomic E-state index is 12.4. The molecule has 1 amide bonds. The molecule has 27 heavy (non-hydrogen) atoms. The SMILES string of the molecule is COc1ccc(-c2cc(NC(=O)c3ccccc3)cc(C(=O)O)c2)cc1C. The quantitative estimate of drug-likeness (QED) is 0.695. The Kier molecular flexibility index (Phi) is 5.22. The van der Waals surface area contributed by atoms with Crippen LogP contribution >= 0.6 is 0 Å². The molecule has 5 heteroatoms. The summed E-state index contributed by atoms with van der Waals surface area (Å²) >= 11 is 0. The lowest BCUT2D eigenvalue weighted by Gasteiger charge is -2.12. The van der Waals surface area contributed by atoms with Crippen LogP contribution in [0.25, 0.3) is 11.1 Å². The smallest absolute Gasteiger partial charge is 0.335 e. The molecule has 136 valence electrons. The highest BCUT2D eigenvalue weighted by Crippen LogP contribution is 2.29. The molecule has 3 aromatic rings. The maximum atomic E-state index is 12.4. The average molecular weight is 361 g/mol. The number of carbonyl (C=O) groups is 2. The van der Waals surface area contributed by atoms with Crippen LogP contribution in [0, 0.1) is 6.92 Å². The zero-order valence-corrected chi connectivity index (χ0v) is 15.0. The van der Waals surface area contributed by atoms with E-state index in [1.165, 1.54) is 6.07 Å². The summed E-state index contributed by atoms with van der Waals surface area (Å²) in [6, 6.07) is 19.2. The normalized spacial score (nSPS) is 10.3. The molecule has 0 aliphatic rings. The van der Waals surface area contributed by atoms with Crippen molar-refractivity contribution in [1.82, 2.24) is 0 Å². The summed E-state index contributed by atoms with van der Waals surface area (Å²) in [6.45, 7) is 1.92. The third-order valence-electron chi connectivity index (χ3n) is 4.20. The number of hydrogen-bond donors (Lipinski definition) is 2. The molecule has 0 bridgehead atoms. The number of amides is 1. The Hall–Kier alpha value is -3.60. The molecule has 0 fully saturated rings. The molecule has 0 aliphatic heterocycles. The Balaban J connectivity index is 1.99. The molecular formula is C22H19NO4. The number of aryl methyl sites for hydroxylation is 1. The molecule has 0 heterocycles. The van der Waals surface area contributed by atoms with Crippen LogP contribution in [-0.2, 0) is 0 Å². The lowest BCUT2D eigenvalue weighted by atomic mass is 10.00. The van der Waals surface area contributed by atoms with Gasteiger partial charge in [-0.3, -0.25) is 4.79 Å². The van der Waals surface area contributed by atoms with Crippen molar-refractivity contribution >= 4 is 17.6 Å². The molecule has 0 saturated heterocycles. The molecule has 0 radical (unpaired) electrons. The summed E-state index contributed by atoms with van der Waals surface area (Å²) in [5.74, 6) is -0.599. The van der Waals surface area contributed by atoms with Gasteiger partial charge < -0.3 is 15.2 Å². The number of carboxylic acid groups (broad SMARTS) is 1. The molecule has 0 aliphatic carbocycles. The van der Waals surface area contributed by atoms with Gasteiger partial charge in [-0.1, -0.05) is 24.3 Å². The van der Waals surface area contributed by atoms with Gasteiger partial charge in [0.25, 0.3) is 5.91 Å². The van der Waals surface area contributed by atoms with Gasteiger partial charge in [-0.05, 0) is 66.1 Å². The second kappa shape index (κ2) is 7.74. The van der Waals surface area contributed by atoms with Crippen molar-refractivity contribution in [3.63, 3.8) is 0 Å². The van der Waals surface area contributed by atoms with Gasteiger partial charge in [-0.15, -0.1) is 0 Å². The van der Waals surface area contributed by atoms with Crippen molar-refractivity contribution in [2.24, 2.45) is 0 Å². The minimum atomic E-state index is -1.06. The molecule has 0 aromatic heterocycles. The van der Waals surface area contributed by atoms with E-state index in [-0.39, 0.29) is 11.5 Å². The van der Waals surface area contributed by atoms with Crippen LogP contribution < -0.4 is 10.1 Å². The minimum absolute atomic E-state index is 0.101. The summed E-state index contributed by atoms with van der Waals surface area (Å²) in [5, 5.41) is 12.2. The predicted octanol–water partition coefficient (Wildman–Crippen LogP) is 4.62. The second-order valence-corrected chi connectivity index (χ2v) is 6.11. The van der Waals surface area contributed by atoms with Crippen molar-refractivity contribution in [2.45, 2.75) is 6.92 Å². The standard InChI is InChI=1S/C22H19NO4/c1-14-10-16(8-9-20(14)27-2)17-11-18(22(25)26)13-19(12-17)23-21(24)15-6-4-3-5-7-15/h3-13H,1-2H3,(H,23,24)(H,25,26). The van der Waals surface area contributed by atoms with E-state index >= 15 is 0 Å². The zero-order valence-electron chi connectivity index (χ0n) is 15.0. The van der Waals surface area contributed by atoms with Gasteiger partial charge in [0.15, 0.2) is 0 Å². The third kappa shape index (κ3) is 4.15. The van der Waals surface area contributed by atoms with Crippen LogP contribution in [0.4, 0.5) is 5.69 Å². The monoisotopic (exact) mass is 361 g/mol. The van der Waals surface area contributed by atoms with Crippen LogP contribution in [0.15, 0.2) is 66.7 Å². The Labute approximate surface area is 157 Å². The Morgan fingerprint density at radius 2 is 1.63 bits per heavy atom. The fourth-order valence-electron chi connectivity index (χ4n) is 2.84. The number of carboxylic acids is 1. The number of anilines is 1. The van der Waals surface area contributed by atoms with E-state index in [4.69, 9.17) is 4.74 Å². The average Bonchev–Trinajstić information content (AvgIpc) is 2.68. The summed E-state index contributed by atoms with van der Waals surface area (Å²) in [4.78, 5) is 23.9. The third-order valence-corrected chi connectivity index (χ3v) is 4.20. The number of ether oxygens (including phenoxy) is 1. The largest absolute Gasteiger partial charge is 0.496 e. The van der Waals surface area contributed by atoms with E-state index in [0.717, 1.165) is 16.9 Å². The molecule has 0 spiro atoms. The summed E-state index contributed by atoms with van der Waals surface area (Å²) in [7, 11) is 1.60. The topological polar surface area (TPSA) is 75.6 Å². The second-order valence-electron chi connectivity index (χ2n) is 6.11. The van der Waals surface area contributed by atoms with Crippen molar-refractivity contribution in [1.29, 1.82) is 0 Å². The first-order valence-corrected chi connectivity index (χ1v) is 8.37. The van der Waals surface area contributed by atoms with E-state index in [1.54, 1.807) is 43.5 Å². The fourth-order valence-corrected chi connectivity index (χ4v) is 2.84. The lowest BCUT2D eigenvalue weighted by molar-refractivity contribution is 0.0696. The Bertz CT molecular complexity index is 996. The molecule has 5 nitrogen and oxygen atoms in total. The van der Waals surface area contributed by atoms with Gasteiger partial charge >= 0.3 is 5.97 Å². The van der Waals surface area contributed by atoms with Gasteiger partial charge in [0, 0.05) is 11.3 Å². The molecule has 2 N–H and O–H groups in total. The maximum Gasteiger partial charge on any atom is 0.335 e. The minimum Gasteiger partial charge on any atom is -0.496 e.